The molecule has 19 heavy (non-hydrogen) atoms. The van der Waals surface area contributed by atoms with Crippen LogP contribution in [0.1, 0.15) is 20.3 Å². The summed E-state index contributed by atoms with van der Waals surface area (Å²) in [4.78, 5) is 11.5. The highest BCUT2D eigenvalue weighted by atomic mass is 35.7. The zero-order valence-electron chi connectivity index (χ0n) is 10.7. The van der Waals surface area contributed by atoms with E-state index in [1.807, 2.05) is 0 Å². The fraction of sp³-hybridized carbons (Fsp3) is 0.417. The zero-order valence-corrected chi connectivity index (χ0v) is 12.4. The molecule has 0 amide bonds. The van der Waals surface area contributed by atoms with Gasteiger partial charge in [-0.1, -0.05) is 12.1 Å². The molecule has 0 bridgehead atoms. The van der Waals surface area contributed by atoms with Crippen LogP contribution in [0.2, 0.25) is 0 Å². The van der Waals surface area contributed by atoms with Gasteiger partial charge < -0.3 is 15.6 Å². The summed E-state index contributed by atoms with van der Waals surface area (Å²) in [5, 5.41) is 9.70. The highest BCUT2D eigenvalue weighted by Crippen LogP contribution is 2.55. The minimum atomic E-state index is -3.57. The van der Waals surface area contributed by atoms with Crippen LogP contribution in [0.5, 0.6) is 5.75 Å². The third-order valence-electron chi connectivity index (χ3n) is 2.38. The van der Waals surface area contributed by atoms with E-state index in [1.165, 1.54) is 12.1 Å². The lowest BCUT2D eigenvalue weighted by molar-refractivity contribution is -0.147. The van der Waals surface area contributed by atoms with E-state index < -0.39 is 18.2 Å². The van der Waals surface area contributed by atoms with Crippen molar-refractivity contribution in [3.8, 4) is 5.75 Å². The smallest absolute Gasteiger partial charge is 0.308 e. The molecule has 1 aromatic carbocycles. The molecule has 0 aliphatic heterocycles. The van der Waals surface area contributed by atoms with Crippen LogP contribution in [0.15, 0.2) is 24.3 Å². The second kappa shape index (κ2) is 6.42. The topological polar surface area (TPSA) is 89.6 Å². The molecule has 106 valence electrons. The summed E-state index contributed by atoms with van der Waals surface area (Å²) in [6.07, 6.45) is -0.549. The average molecular weight is 306 g/mol. The maximum Gasteiger partial charge on any atom is 0.308 e. The molecule has 0 aliphatic carbocycles. The van der Waals surface area contributed by atoms with E-state index in [0.29, 0.717) is 0 Å². The van der Waals surface area contributed by atoms with Gasteiger partial charge in [-0.3, -0.25) is 9.36 Å². The summed E-state index contributed by atoms with van der Waals surface area (Å²) in [5.74, 6) is -1.87. The summed E-state index contributed by atoms with van der Waals surface area (Å²) >= 11 is 5.96. The van der Waals surface area contributed by atoms with Crippen molar-refractivity contribution >= 4 is 29.0 Å². The van der Waals surface area contributed by atoms with Crippen molar-refractivity contribution in [3.05, 3.63) is 24.3 Å². The molecule has 7 heteroatoms. The van der Waals surface area contributed by atoms with Crippen molar-refractivity contribution in [2.75, 3.05) is 0 Å². The van der Waals surface area contributed by atoms with E-state index in [9.17, 15) is 14.5 Å². The number of para-hydroxylation sites is 1. The van der Waals surface area contributed by atoms with E-state index in [1.54, 1.807) is 26.0 Å². The lowest BCUT2D eigenvalue weighted by atomic mass is 10.3. The number of carbonyl (C=O) groups excluding carboxylic acids is 1. The Kier molecular flexibility index (Phi) is 5.41. The first-order valence-electron chi connectivity index (χ1n) is 5.78. The number of hydrogen-bond donors (Lipinski definition) is 2. The van der Waals surface area contributed by atoms with Crippen molar-refractivity contribution in [2.24, 2.45) is 5.73 Å². The number of ether oxygens (including phenoxy) is 1. The number of benzene rings is 1. The highest BCUT2D eigenvalue weighted by Gasteiger charge is 2.34. The Morgan fingerprint density at radius 2 is 2.05 bits per heavy atom. The van der Waals surface area contributed by atoms with Crippen LogP contribution in [0.25, 0.3) is 0 Å². The van der Waals surface area contributed by atoms with Gasteiger partial charge in [-0.15, -0.1) is 0 Å². The zero-order chi connectivity index (χ0) is 14.6. The number of nitrogens with two attached hydrogens (primary N) is 1. The SMILES string of the molecule is CC(C)OC(=O)C[C@@H](N)[P@@](=O)(Cl)c1ccccc1O. The van der Waals surface area contributed by atoms with Crippen molar-refractivity contribution in [2.45, 2.75) is 32.2 Å². The molecule has 1 rings (SSSR count). The summed E-state index contributed by atoms with van der Waals surface area (Å²) in [5.41, 5.74) is 5.72. The Morgan fingerprint density at radius 3 is 2.58 bits per heavy atom. The lowest BCUT2D eigenvalue weighted by Crippen LogP contribution is -2.28. The van der Waals surface area contributed by atoms with Crippen molar-refractivity contribution in [3.63, 3.8) is 0 Å². The molecule has 0 radical (unpaired) electrons. The second-order valence-corrected chi connectivity index (χ2v) is 8.18. The van der Waals surface area contributed by atoms with Crippen LogP contribution in [0, 0.1) is 0 Å². The average Bonchev–Trinajstić information content (AvgIpc) is 2.27. The molecule has 0 saturated carbocycles. The Morgan fingerprint density at radius 1 is 1.47 bits per heavy atom. The lowest BCUT2D eigenvalue weighted by Gasteiger charge is -2.19. The highest BCUT2D eigenvalue weighted by molar-refractivity contribution is 7.95. The number of aromatic hydroxyl groups is 1. The molecule has 0 aromatic heterocycles. The summed E-state index contributed by atoms with van der Waals surface area (Å²) in [6, 6.07) is 5.96. The van der Waals surface area contributed by atoms with Crippen LogP contribution < -0.4 is 11.0 Å². The van der Waals surface area contributed by atoms with E-state index in [2.05, 4.69) is 0 Å². The molecule has 1 aromatic rings. The third kappa shape index (κ3) is 4.23. The van der Waals surface area contributed by atoms with Crippen molar-refractivity contribution in [1.82, 2.24) is 0 Å². The predicted molar refractivity (Wildman–Crippen MR) is 75.0 cm³/mol. The fourth-order valence-electron chi connectivity index (χ4n) is 1.50. The van der Waals surface area contributed by atoms with Gasteiger partial charge in [0.2, 0.25) is 6.49 Å². The first kappa shape index (κ1) is 16.0. The molecule has 3 N–H and O–H groups in total. The summed E-state index contributed by atoms with van der Waals surface area (Å²) in [7, 11) is 0. The van der Waals surface area contributed by atoms with E-state index in [-0.39, 0.29) is 23.6 Å². The van der Waals surface area contributed by atoms with Crippen molar-refractivity contribution in [1.29, 1.82) is 0 Å². The molecule has 0 saturated heterocycles. The van der Waals surface area contributed by atoms with Gasteiger partial charge in [-0.2, -0.15) is 0 Å². The minimum absolute atomic E-state index is 0.0570. The number of hydrogen-bond acceptors (Lipinski definition) is 5. The van der Waals surface area contributed by atoms with E-state index >= 15 is 0 Å². The predicted octanol–water partition coefficient (Wildman–Crippen LogP) is 2.16. The molecule has 0 spiro atoms. The van der Waals surface area contributed by atoms with E-state index in [0.717, 1.165) is 0 Å². The Bertz CT molecular complexity index is 506. The first-order chi connectivity index (χ1) is 8.75. The van der Waals surface area contributed by atoms with Crippen LogP contribution in [-0.4, -0.2) is 23.0 Å². The number of rotatable bonds is 5. The van der Waals surface area contributed by atoms with Crippen LogP contribution in [-0.2, 0) is 14.1 Å². The van der Waals surface area contributed by atoms with Crippen LogP contribution >= 0.6 is 17.7 Å². The number of halogens is 1. The molecule has 0 fully saturated rings. The summed E-state index contributed by atoms with van der Waals surface area (Å²) < 4.78 is 17.4. The number of esters is 1. The van der Waals surface area contributed by atoms with Crippen molar-refractivity contribution < 1.29 is 19.2 Å². The van der Waals surface area contributed by atoms with Gasteiger partial charge in [0.25, 0.3) is 0 Å². The Labute approximate surface area is 116 Å². The number of phenols is 1. The largest absolute Gasteiger partial charge is 0.507 e. The maximum atomic E-state index is 12.4. The first-order valence-corrected chi connectivity index (χ1v) is 8.46. The van der Waals surface area contributed by atoms with Gasteiger partial charge in [0, 0.05) is 0 Å². The minimum Gasteiger partial charge on any atom is -0.507 e. The third-order valence-corrected chi connectivity index (χ3v) is 5.75. The molecule has 2 atom stereocenters. The standard InChI is InChI=1S/C12H17ClNO4P/c1-8(2)18-12(16)7-11(14)19(13,17)10-6-4-3-5-9(10)15/h3-6,8,11,15H,7,14H2,1-2H3/t11-,19+/m0/s1. The maximum absolute atomic E-state index is 12.4. The van der Waals surface area contributed by atoms with Crippen LogP contribution in [0.4, 0.5) is 0 Å². The Hall–Kier alpha value is -1.03. The monoisotopic (exact) mass is 305 g/mol. The second-order valence-electron chi connectivity index (χ2n) is 4.38. The van der Waals surface area contributed by atoms with Gasteiger partial charge in [0.05, 0.1) is 23.6 Å². The quantitative estimate of drug-likeness (QED) is 0.642. The van der Waals surface area contributed by atoms with Gasteiger partial charge in [-0.05, 0) is 37.2 Å². The fourth-order valence-corrected chi connectivity index (χ4v) is 3.55. The molecule has 0 heterocycles. The van der Waals surface area contributed by atoms with Gasteiger partial charge in [0.15, 0.2) is 0 Å². The van der Waals surface area contributed by atoms with Gasteiger partial charge in [-0.25, -0.2) is 0 Å². The molecular formula is C12H17ClNO4P. The summed E-state index contributed by atoms with van der Waals surface area (Å²) in [6.45, 7) is -0.169. The number of carbonyl (C=O) groups is 1. The molecular weight excluding hydrogens is 289 g/mol. The van der Waals surface area contributed by atoms with Gasteiger partial charge >= 0.3 is 5.97 Å². The van der Waals surface area contributed by atoms with E-state index in [4.69, 9.17) is 21.7 Å². The normalized spacial score (nSPS) is 15.8. The number of phenolic OH excluding ortho intramolecular Hbond substituents is 1. The molecule has 5 nitrogen and oxygen atoms in total. The van der Waals surface area contributed by atoms with Crippen LogP contribution in [0.3, 0.4) is 0 Å². The van der Waals surface area contributed by atoms with Gasteiger partial charge in [0.1, 0.15) is 5.75 Å². The molecule has 0 aliphatic rings. The Balaban J connectivity index is 2.86. The molecule has 0 unspecified atom stereocenters.